The van der Waals surface area contributed by atoms with Gasteiger partial charge in [0.15, 0.2) is 0 Å². The van der Waals surface area contributed by atoms with Gasteiger partial charge in [0.1, 0.15) is 0 Å². The van der Waals surface area contributed by atoms with Crippen LogP contribution in [0.5, 0.6) is 0 Å². The Morgan fingerprint density at radius 3 is 2.46 bits per heavy atom. The van der Waals surface area contributed by atoms with Crippen molar-refractivity contribution in [1.29, 1.82) is 0 Å². The standard InChI is InChI=1S/C20H21Cl2N3O/c21-16-8-15(9-17(22)10-16)12-25-7-6-19(23)18(13-25)20(26)24-11-14-4-2-1-3-5-14/h1-5,8-10H,6-7,11-13,23H2,(H,24,26). The Labute approximate surface area is 163 Å². The second-order valence-corrected chi connectivity index (χ2v) is 7.28. The molecule has 3 rings (SSSR count). The van der Waals surface area contributed by atoms with Crippen LogP contribution in [-0.4, -0.2) is 23.9 Å². The van der Waals surface area contributed by atoms with Crippen LogP contribution in [0.15, 0.2) is 59.8 Å². The molecule has 0 aliphatic carbocycles. The Morgan fingerprint density at radius 2 is 1.77 bits per heavy atom. The molecule has 0 spiro atoms. The maximum atomic E-state index is 12.6. The van der Waals surface area contributed by atoms with Crippen molar-refractivity contribution < 1.29 is 4.79 Å². The fourth-order valence-electron chi connectivity index (χ4n) is 3.03. The van der Waals surface area contributed by atoms with E-state index in [1.165, 1.54) is 0 Å². The Morgan fingerprint density at radius 1 is 1.08 bits per heavy atom. The normalized spacial score (nSPS) is 15.2. The molecule has 0 atom stereocenters. The van der Waals surface area contributed by atoms with Gasteiger partial charge in [-0.3, -0.25) is 9.69 Å². The van der Waals surface area contributed by atoms with E-state index in [4.69, 9.17) is 28.9 Å². The van der Waals surface area contributed by atoms with Crippen molar-refractivity contribution in [1.82, 2.24) is 10.2 Å². The van der Waals surface area contributed by atoms with Gasteiger partial charge in [-0.2, -0.15) is 0 Å². The first-order valence-corrected chi connectivity index (χ1v) is 9.24. The number of benzene rings is 2. The second kappa shape index (κ2) is 8.58. The molecule has 2 aromatic carbocycles. The number of hydrogen-bond acceptors (Lipinski definition) is 3. The SMILES string of the molecule is NC1=C(C(=O)NCc2ccccc2)CN(Cc2cc(Cl)cc(Cl)c2)CC1. The molecule has 0 bridgehead atoms. The zero-order chi connectivity index (χ0) is 18.5. The van der Waals surface area contributed by atoms with E-state index in [-0.39, 0.29) is 5.91 Å². The average molecular weight is 390 g/mol. The largest absolute Gasteiger partial charge is 0.402 e. The maximum Gasteiger partial charge on any atom is 0.250 e. The van der Waals surface area contributed by atoms with Gasteiger partial charge >= 0.3 is 0 Å². The molecule has 1 amide bonds. The first-order valence-electron chi connectivity index (χ1n) is 8.48. The maximum absolute atomic E-state index is 12.6. The molecule has 1 aliphatic heterocycles. The molecule has 3 N–H and O–H groups in total. The molecular weight excluding hydrogens is 369 g/mol. The van der Waals surface area contributed by atoms with E-state index in [0.29, 0.717) is 47.4 Å². The number of amides is 1. The number of nitrogens with one attached hydrogen (secondary N) is 1. The molecule has 1 heterocycles. The highest BCUT2D eigenvalue weighted by Crippen LogP contribution is 2.22. The summed E-state index contributed by atoms with van der Waals surface area (Å²) in [5, 5.41) is 4.18. The molecule has 0 aromatic heterocycles. The lowest BCUT2D eigenvalue weighted by Gasteiger charge is -2.29. The third-order valence-corrected chi connectivity index (χ3v) is 4.80. The van der Waals surface area contributed by atoms with E-state index in [2.05, 4.69) is 10.2 Å². The van der Waals surface area contributed by atoms with Crippen LogP contribution in [0.25, 0.3) is 0 Å². The van der Waals surface area contributed by atoms with Crippen LogP contribution in [0.3, 0.4) is 0 Å². The lowest BCUT2D eigenvalue weighted by Crippen LogP contribution is -2.39. The van der Waals surface area contributed by atoms with Gasteiger partial charge in [-0.25, -0.2) is 0 Å². The zero-order valence-corrected chi connectivity index (χ0v) is 15.9. The van der Waals surface area contributed by atoms with Crippen molar-refractivity contribution in [3.63, 3.8) is 0 Å². The van der Waals surface area contributed by atoms with Crippen LogP contribution in [0.1, 0.15) is 17.5 Å². The molecule has 2 aromatic rings. The van der Waals surface area contributed by atoms with Gasteiger partial charge in [-0.05, 0) is 29.3 Å². The van der Waals surface area contributed by atoms with Gasteiger partial charge in [0.05, 0.1) is 0 Å². The Kier molecular flexibility index (Phi) is 6.20. The molecule has 0 fully saturated rings. The number of nitrogens with two attached hydrogens (primary N) is 1. The summed E-state index contributed by atoms with van der Waals surface area (Å²) in [7, 11) is 0. The summed E-state index contributed by atoms with van der Waals surface area (Å²) in [5.74, 6) is -0.111. The van der Waals surface area contributed by atoms with E-state index in [1.807, 2.05) is 42.5 Å². The van der Waals surface area contributed by atoms with Gasteiger partial charge in [0, 0.05) is 53.9 Å². The predicted molar refractivity (Wildman–Crippen MR) is 106 cm³/mol. The minimum atomic E-state index is -0.111. The van der Waals surface area contributed by atoms with Gasteiger partial charge in [0.25, 0.3) is 5.91 Å². The quantitative estimate of drug-likeness (QED) is 0.818. The summed E-state index contributed by atoms with van der Waals surface area (Å²) < 4.78 is 0. The van der Waals surface area contributed by atoms with E-state index >= 15 is 0 Å². The Hall–Kier alpha value is -2.01. The van der Waals surface area contributed by atoms with Crippen LogP contribution in [0, 0.1) is 0 Å². The monoisotopic (exact) mass is 389 g/mol. The molecule has 6 heteroatoms. The first kappa shape index (κ1) is 18.8. The zero-order valence-electron chi connectivity index (χ0n) is 14.3. The lowest BCUT2D eigenvalue weighted by atomic mass is 10.0. The Balaban J connectivity index is 1.63. The molecule has 0 saturated heterocycles. The van der Waals surface area contributed by atoms with Crippen molar-refractivity contribution in [2.75, 3.05) is 13.1 Å². The van der Waals surface area contributed by atoms with Crippen LogP contribution < -0.4 is 11.1 Å². The molecule has 26 heavy (non-hydrogen) atoms. The predicted octanol–water partition coefficient (Wildman–Crippen LogP) is 3.73. The minimum Gasteiger partial charge on any atom is -0.402 e. The van der Waals surface area contributed by atoms with Gasteiger partial charge in [0.2, 0.25) is 0 Å². The first-order chi connectivity index (χ1) is 12.5. The van der Waals surface area contributed by atoms with Gasteiger partial charge in [-0.15, -0.1) is 0 Å². The molecule has 4 nitrogen and oxygen atoms in total. The average Bonchev–Trinajstić information content (AvgIpc) is 2.61. The highest BCUT2D eigenvalue weighted by atomic mass is 35.5. The fraction of sp³-hybridized carbons (Fsp3) is 0.250. The van der Waals surface area contributed by atoms with Crippen molar-refractivity contribution in [3.8, 4) is 0 Å². The summed E-state index contributed by atoms with van der Waals surface area (Å²) in [6.07, 6.45) is 0.669. The second-order valence-electron chi connectivity index (χ2n) is 6.41. The van der Waals surface area contributed by atoms with E-state index in [9.17, 15) is 4.79 Å². The number of rotatable bonds is 5. The number of halogens is 2. The van der Waals surface area contributed by atoms with E-state index < -0.39 is 0 Å². The number of nitrogens with zero attached hydrogens (tertiary/aromatic N) is 1. The van der Waals surface area contributed by atoms with Crippen LogP contribution in [0.4, 0.5) is 0 Å². The lowest BCUT2D eigenvalue weighted by molar-refractivity contribution is -0.118. The molecule has 0 radical (unpaired) electrons. The summed E-state index contributed by atoms with van der Waals surface area (Å²) in [6.45, 7) is 2.46. The van der Waals surface area contributed by atoms with Crippen LogP contribution in [-0.2, 0) is 17.9 Å². The molecule has 0 saturated carbocycles. The summed E-state index contributed by atoms with van der Waals surface area (Å²) in [4.78, 5) is 14.7. The van der Waals surface area contributed by atoms with Crippen molar-refractivity contribution in [2.24, 2.45) is 5.73 Å². The smallest absolute Gasteiger partial charge is 0.250 e. The number of hydrogen-bond donors (Lipinski definition) is 2. The van der Waals surface area contributed by atoms with E-state index in [0.717, 1.165) is 17.7 Å². The van der Waals surface area contributed by atoms with Crippen molar-refractivity contribution >= 4 is 29.1 Å². The van der Waals surface area contributed by atoms with Crippen LogP contribution >= 0.6 is 23.2 Å². The number of carbonyl (C=O) groups is 1. The fourth-order valence-corrected chi connectivity index (χ4v) is 3.60. The molecule has 136 valence electrons. The van der Waals surface area contributed by atoms with Crippen LogP contribution in [0.2, 0.25) is 10.0 Å². The van der Waals surface area contributed by atoms with Crippen molar-refractivity contribution in [2.45, 2.75) is 19.5 Å². The van der Waals surface area contributed by atoms with Crippen molar-refractivity contribution in [3.05, 3.63) is 81.0 Å². The highest BCUT2D eigenvalue weighted by molar-refractivity contribution is 6.34. The summed E-state index contributed by atoms with van der Waals surface area (Å²) in [5.41, 5.74) is 9.48. The van der Waals surface area contributed by atoms with Gasteiger partial charge in [-0.1, -0.05) is 53.5 Å². The molecule has 0 unspecified atom stereocenters. The topological polar surface area (TPSA) is 58.4 Å². The molecular formula is C20H21Cl2N3O. The number of carbonyl (C=O) groups excluding carboxylic acids is 1. The van der Waals surface area contributed by atoms with E-state index in [1.54, 1.807) is 6.07 Å². The third-order valence-electron chi connectivity index (χ3n) is 4.37. The Bertz CT molecular complexity index is 801. The van der Waals surface area contributed by atoms with Gasteiger partial charge < -0.3 is 11.1 Å². The third kappa shape index (κ3) is 5.01. The highest BCUT2D eigenvalue weighted by Gasteiger charge is 2.22. The molecule has 1 aliphatic rings. The summed E-state index contributed by atoms with van der Waals surface area (Å²) >= 11 is 12.1. The minimum absolute atomic E-state index is 0.111. The summed E-state index contributed by atoms with van der Waals surface area (Å²) in [6, 6.07) is 15.3.